The summed E-state index contributed by atoms with van der Waals surface area (Å²) in [4.78, 5) is 18.1. The second-order valence-electron chi connectivity index (χ2n) is 7.15. The lowest BCUT2D eigenvalue weighted by Crippen LogP contribution is -2.42. The lowest BCUT2D eigenvalue weighted by molar-refractivity contribution is -0.127. The lowest BCUT2D eigenvalue weighted by atomic mass is 10.1. The van der Waals surface area contributed by atoms with Crippen LogP contribution >= 0.6 is 0 Å². The monoisotopic (exact) mass is 408 g/mol. The van der Waals surface area contributed by atoms with Gasteiger partial charge in [-0.05, 0) is 30.7 Å². The molecule has 0 fully saturated rings. The molecule has 2 aromatic carbocycles. The summed E-state index contributed by atoms with van der Waals surface area (Å²) < 4.78 is 11.2. The fraction of sp³-hybridized carbons (Fsp3) is 0.304. The summed E-state index contributed by atoms with van der Waals surface area (Å²) in [7, 11) is 5.09. The van der Waals surface area contributed by atoms with Gasteiger partial charge < -0.3 is 24.7 Å². The van der Waals surface area contributed by atoms with Gasteiger partial charge in [0, 0.05) is 25.0 Å². The van der Waals surface area contributed by atoms with Crippen molar-refractivity contribution < 1.29 is 13.9 Å². The number of para-hydroxylation sites is 1. The number of nitrogens with one attached hydrogen (secondary N) is 2. The van der Waals surface area contributed by atoms with E-state index in [-0.39, 0.29) is 12.5 Å². The number of likely N-dealkylation sites (N-methyl/N-ethyl adjacent to an activating group) is 1. The van der Waals surface area contributed by atoms with Crippen molar-refractivity contribution >= 4 is 22.8 Å². The van der Waals surface area contributed by atoms with Crippen molar-refractivity contribution in [3.63, 3.8) is 0 Å². The third-order valence-electron chi connectivity index (χ3n) is 4.84. The average molecular weight is 409 g/mol. The fourth-order valence-corrected chi connectivity index (χ4v) is 2.95. The van der Waals surface area contributed by atoms with Gasteiger partial charge >= 0.3 is 0 Å². The van der Waals surface area contributed by atoms with Crippen molar-refractivity contribution in [3.05, 3.63) is 65.4 Å². The second-order valence-corrected chi connectivity index (χ2v) is 7.15. The molecule has 0 aliphatic rings. The molecule has 7 nitrogen and oxygen atoms in total. The molecule has 30 heavy (non-hydrogen) atoms. The highest BCUT2D eigenvalue weighted by Crippen LogP contribution is 2.24. The molecule has 1 aromatic heterocycles. The van der Waals surface area contributed by atoms with Crippen LogP contribution in [-0.2, 0) is 17.9 Å². The van der Waals surface area contributed by atoms with E-state index >= 15 is 0 Å². The van der Waals surface area contributed by atoms with E-state index in [2.05, 4.69) is 15.6 Å². The van der Waals surface area contributed by atoms with Gasteiger partial charge in [-0.15, -0.1) is 0 Å². The zero-order valence-corrected chi connectivity index (χ0v) is 17.9. The number of nitrogens with zero attached hydrogens (tertiary/aromatic N) is 2. The third kappa shape index (κ3) is 5.31. The first kappa shape index (κ1) is 21.2. The Kier molecular flexibility index (Phi) is 6.95. The predicted molar refractivity (Wildman–Crippen MR) is 119 cm³/mol. The summed E-state index contributed by atoms with van der Waals surface area (Å²) in [6.45, 7) is 3.13. The van der Waals surface area contributed by atoms with Gasteiger partial charge in [-0.25, -0.2) is 4.99 Å². The average Bonchev–Trinajstić information content (AvgIpc) is 3.09. The Hall–Kier alpha value is -3.48. The molecule has 0 atom stereocenters. The number of hydrogen-bond donors (Lipinski definition) is 2. The number of carbonyl (C=O) groups is 1. The quantitative estimate of drug-likeness (QED) is 0.464. The van der Waals surface area contributed by atoms with Crippen LogP contribution in [0.4, 0.5) is 0 Å². The second kappa shape index (κ2) is 9.82. The number of fused-ring (bicyclic) bond motifs is 1. The van der Waals surface area contributed by atoms with Gasteiger partial charge in [-0.3, -0.25) is 4.79 Å². The van der Waals surface area contributed by atoms with Crippen LogP contribution in [-0.4, -0.2) is 44.5 Å². The highest BCUT2D eigenvalue weighted by Gasteiger charge is 2.11. The van der Waals surface area contributed by atoms with E-state index < -0.39 is 0 Å². The van der Waals surface area contributed by atoms with Crippen molar-refractivity contribution in [2.24, 2.45) is 4.99 Å². The van der Waals surface area contributed by atoms with Crippen LogP contribution in [0.2, 0.25) is 0 Å². The van der Waals surface area contributed by atoms with Gasteiger partial charge in [0.15, 0.2) is 5.96 Å². The molecule has 0 spiro atoms. The molecule has 1 amide bonds. The summed E-state index contributed by atoms with van der Waals surface area (Å²) in [6, 6.07) is 15.7. The molecule has 1 heterocycles. The molecule has 3 rings (SSSR count). The highest BCUT2D eigenvalue weighted by atomic mass is 16.5. The summed E-state index contributed by atoms with van der Waals surface area (Å²) in [6.07, 6.45) is 0. The third-order valence-corrected chi connectivity index (χ3v) is 4.84. The van der Waals surface area contributed by atoms with E-state index in [1.54, 1.807) is 21.2 Å². The van der Waals surface area contributed by atoms with Gasteiger partial charge in [0.1, 0.15) is 17.1 Å². The zero-order chi connectivity index (χ0) is 21.5. The Morgan fingerprint density at radius 1 is 1.10 bits per heavy atom. The first-order valence-electron chi connectivity index (χ1n) is 9.80. The maximum absolute atomic E-state index is 12.0. The van der Waals surface area contributed by atoms with Crippen molar-refractivity contribution in [1.29, 1.82) is 0 Å². The van der Waals surface area contributed by atoms with Crippen LogP contribution < -0.4 is 15.4 Å². The van der Waals surface area contributed by atoms with E-state index in [9.17, 15) is 4.79 Å². The van der Waals surface area contributed by atoms with Crippen molar-refractivity contribution in [3.8, 4) is 5.75 Å². The Bertz CT molecular complexity index is 1020. The number of aliphatic imine (C=N–C) groups is 1. The maximum Gasteiger partial charge on any atom is 0.241 e. The molecule has 0 radical (unpaired) electrons. The number of amides is 1. The minimum absolute atomic E-state index is 0.0335. The predicted octanol–water partition coefficient (Wildman–Crippen LogP) is 3.07. The smallest absolute Gasteiger partial charge is 0.241 e. The number of hydrogen-bond acceptors (Lipinski definition) is 4. The number of carbonyl (C=O) groups excluding carboxylic acids is 1. The Balaban J connectivity index is 1.72. The number of ether oxygens (including phenoxy) is 1. The lowest BCUT2D eigenvalue weighted by Gasteiger charge is -2.15. The number of guanidine groups is 1. The van der Waals surface area contributed by atoms with Crippen LogP contribution in [0.1, 0.15) is 16.9 Å². The molecule has 0 saturated heterocycles. The summed E-state index contributed by atoms with van der Waals surface area (Å²) in [5, 5.41) is 7.47. The Labute approximate surface area is 176 Å². The SMILES string of the molecule is COc1ccc(CN=C(NCC(=O)N(C)C)NCc2oc3ccccc3c2C)cc1. The van der Waals surface area contributed by atoms with Gasteiger partial charge in [-0.1, -0.05) is 30.3 Å². The van der Waals surface area contributed by atoms with E-state index in [4.69, 9.17) is 9.15 Å². The largest absolute Gasteiger partial charge is 0.497 e. The summed E-state index contributed by atoms with van der Waals surface area (Å²) in [5.74, 6) is 2.15. The maximum atomic E-state index is 12.0. The number of benzene rings is 2. The molecule has 7 heteroatoms. The highest BCUT2D eigenvalue weighted by molar-refractivity contribution is 5.86. The van der Waals surface area contributed by atoms with Crippen LogP contribution in [0.5, 0.6) is 5.75 Å². The molecular formula is C23H28N4O3. The molecular weight excluding hydrogens is 380 g/mol. The normalized spacial score (nSPS) is 11.4. The van der Waals surface area contributed by atoms with E-state index in [0.29, 0.717) is 19.0 Å². The zero-order valence-electron chi connectivity index (χ0n) is 17.9. The Morgan fingerprint density at radius 2 is 1.83 bits per heavy atom. The van der Waals surface area contributed by atoms with Gasteiger partial charge in [-0.2, -0.15) is 0 Å². The standard InChI is InChI=1S/C23H28N4O3/c1-16-19-7-5-6-8-20(19)30-21(16)14-25-23(26-15-22(28)27(2)3)24-13-17-9-11-18(29-4)12-10-17/h5-12H,13-15H2,1-4H3,(H2,24,25,26). The van der Waals surface area contributed by atoms with Crippen LogP contribution in [0.25, 0.3) is 11.0 Å². The van der Waals surface area contributed by atoms with Crippen LogP contribution in [0.3, 0.4) is 0 Å². The molecule has 0 aliphatic carbocycles. The first-order chi connectivity index (χ1) is 14.5. The van der Waals surface area contributed by atoms with Crippen molar-refractivity contribution in [2.45, 2.75) is 20.0 Å². The van der Waals surface area contributed by atoms with E-state index in [0.717, 1.165) is 33.6 Å². The van der Waals surface area contributed by atoms with Crippen molar-refractivity contribution in [2.75, 3.05) is 27.7 Å². The minimum Gasteiger partial charge on any atom is -0.497 e. The molecule has 3 aromatic rings. The number of methoxy groups -OCH3 is 1. The topological polar surface area (TPSA) is 79.1 Å². The summed E-state index contributed by atoms with van der Waals surface area (Å²) >= 11 is 0. The number of furan rings is 1. The first-order valence-corrected chi connectivity index (χ1v) is 9.80. The molecule has 2 N–H and O–H groups in total. The van der Waals surface area contributed by atoms with Crippen LogP contribution in [0, 0.1) is 6.92 Å². The molecule has 0 bridgehead atoms. The number of rotatable bonds is 7. The van der Waals surface area contributed by atoms with Crippen LogP contribution in [0.15, 0.2) is 57.9 Å². The number of aryl methyl sites for hydroxylation is 1. The Morgan fingerprint density at radius 3 is 2.50 bits per heavy atom. The van der Waals surface area contributed by atoms with E-state index in [1.165, 1.54) is 4.90 Å². The molecule has 0 unspecified atom stereocenters. The van der Waals surface area contributed by atoms with Gasteiger partial charge in [0.2, 0.25) is 5.91 Å². The molecule has 0 aliphatic heterocycles. The molecule has 158 valence electrons. The minimum atomic E-state index is -0.0335. The van der Waals surface area contributed by atoms with E-state index in [1.807, 2.05) is 55.5 Å². The van der Waals surface area contributed by atoms with Crippen molar-refractivity contribution in [1.82, 2.24) is 15.5 Å². The van der Waals surface area contributed by atoms with Gasteiger partial charge in [0.25, 0.3) is 0 Å². The fourth-order valence-electron chi connectivity index (χ4n) is 2.95. The summed E-state index contributed by atoms with van der Waals surface area (Å²) in [5.41, 5.74) is 2.99. The van der Waals surface area contributed by atoms with Gasteiger partial charge in [0.05, 0.1) is 26.7 Å². The molecule has 0 saturated carbocycles.